The number of halogens is 1. The molecule has 0 unspecified atom stereocenters. The molecule has 0 atom stereocenters. The largest absolute Gasteiger partial charge is 0.459 e. The minimum Gasteiger partial charge on any atom is -0.459 e. The van der Waals surface area contributed by atoms with Gasteiger partial charge >= 0.3 is 0 Å². The number of rotatable bonds is 5. The summed E-state index contributed by atoms with van der Waals surface area (Å²) in [6.07, 6.45) is 0. The Kier molecular flexibility index (Phi) is 4.59. The molecule has 23 heavy (non-hydrogen) atoms. The molecular formula is C16H14ClNO3S2. The number of aryl methyl sites for hydroxylation is 1. The lowest BCUT2D eigenvalue weighted by Gasteiger charge is -2.07. The van der Waals surface area contributed by atoms with Gasteiger partial charge in [0.1, 0.15) is 11.5 Å². The SMILES string of the molecule is Cc1ccc(S(=O)(=O)NCc2ccc(-c3cccs3)o2)cc1Cl. The van der Waals surface area contributed by atoms with E-state index in [9.17, 15) is 8.42 Å². The van der Waals surface area contributed by atoms with Crippen LogP contribution in [0.5, 0.6) is 0 Å². The molecule has 0 aliphatic rings. The summed E-state index contributed by atoms with van der Waals surface area (Å²) >= 11 is 7.55. The van der Waals surface area contributed by atoms with E-state index in [0.29, 0.717) is 10.8 Å². The number of benzene rings is 1. The fourth-order valence-corrected chi connectivity index (χ4v) is 3.97. The fourth-order valence-electron chi connectivity index (χ4n) is 2.01. The summed E-state index contributed by atoms with van der Waals surface area (Å²) in [6.45, 7) is 1.90. The second kappa shape index (κ2) is 6.49. The van der Waals surface area contributed by atoms with Crippen LogP contribution in [0.25, 0.3) is 10.6 Å². The lowest BCUT2D eigenvalue weighted by molar-refractivity contribution is 0.510. The minimum atomic E-state index is -3.63. The van der Waals surface area contributed by atoms with Crippen molar-refractivity contribution in [3.05, 3.63) is 64.2 Å². The van der Waals surface area contributed by atoms with Crippen molar-refractivity contribution in [1.29, 1.82) is 0 Å². The van der Waals surface area contributed by atoms with E-state index in [-0.39, 0.29) is 11.4 Å². The van der Waals surface area contributed by atoms with Crippen LogP contribution in [-0.4, -0.2) is 8.42 Å². The van der Waals surface area contributed by atoms with Crippen LogP contribution in [0.2, 0.25) is 5.02 Å². The van der Waals surface area contributed by atoms with Crippen molar-refractivity contribution in [1.82, 2.24) is 4.72 Å². The molecular weight excluding hydrogens is 354 g/mol. The third-order valence-electron chi connectivity index (χ3n) is 3.32. The second-order valence-corrected chi connectivity index (χ2v) is 8.10. The lowest BCUT2D eigenvalue weighted by Crippen LogP contribution is -2.23. The Morgan fingerprint density at radius 2 is 2.04 bits per heavy atom. The molecule has 0 spiro atoms. The predicted octanol–water partition coefficient (Wildman–Crippen LogP) is 4.45. The summed E-state index contributed by atoms with van der Waals surface area (Å²) in [5.41, 5.74) is 0.831. The van der Waals surface area contributed by atoms with Gasteiger partial charge in [-0.05, 0) is 48.2 Å². The van der Waals surface area contributed by atoms with E-state index in [4.69, 9.17) is 16.0 Å². The van der Waals surface area contributed by atoms with Gasteiger partial charge in [0.15, 0.2) is 0 Å². The van der Waals surface area contributed by atoms with Crippen LogP contribution in [0.4, 0.5) is 0 Å². The maximum atomic E-state index is 12.3. The number of sulfonamides is 1. The van der Waals surface area contributed by atoms with Crippen LogP contribution >= 0.6 is 22.9 Å². The van der Waals surface area contributed by atoms with Gasteiger partial charge < -0.3 is 4.42 Å². The number of nitrogens with one attached hydrogen (secondary N) is 1. The Morgan fingerprint density at radius 3 is 2.74 bits per heavy atom. The lowest BCUT2D eigenvalue weighted by atomic mass is 10.2. The first-order chi connectivity index (χ1) is 11.0. The zero-order valence-electron chi connectivity index (χ0n) is 12.2. The van der Waals surface area contributed by atoms with Crippen molar-refractivity contribution in [3.63, 3.8) is 0 Å². The zero-order chi connectivity index (χ0) is 16.4. The highest BCUT2D eigenvalue weighted by molar-refractivity contribution is 7.89. The first-order valence-corrected chi connectivity index (χ1v) is 9.58. The van der Waals surface area contributed by atoms with Crippen LogP contribution in [0.1, 0.15) is 11.3 Å². The third kappa shape index (κ3) is 3.67. The minimum absolute atomic E-state index is 0.0825. The average molecular weight is 368 g/mol. The maximum absolute atomic E-state index is 12.3. The topological polar surface area (TPSA) is 59.3 Å². The normalized spacial score (nSPS) is 11.7. The van der Waals surface area contributed by atoms with Crippen LogP contribution in [0.3, 0.4) is 0 Å². The van der Waals surface area contributed by atoms with Crippen molar-refractivity contribution in [2.24, 2.45) is 0 Å². The Morgan fingerprint density at radius 1 is 1.22 bits per heavy atom. The fraction of sp³-hybridized carbons (Fsp3) is 0.125. The summed E-state index contributed by atoms with van der Waals surface area (Å²) in [5, 5.41) is 2.38. The molecule has 0 bridgehead atoms. The quantitative estimate of drug-likeness (QED) is 0.724. The zero-order valence-corrected chi connectivity index (χ0v) is 14.6. The molecule has 0 saturated heterocycles. The summed E-state index contributed by atoms with van der Waals surface area (Å²) in [5.74, 6) is 1.28. The van der Waals surface area contributed by atoms with Gasteiger partial charge in [-0.3, -0.25) is 0 Å². The van der Waals surface area contributed by atoms with E-state index < -0.39 is 10.0 Å². The molecule has 0 amide bonds. The van der Waals surface area contributed by atoms with Gasteiger partial charge in [0, 0.05) is 5.02 Å². The molecule has 120 valence electrons. The van der Waals surface area contributed by atoms with Crippen molar-refractivity contribution in [3.8, 4) is 10.6 Å². The summed E-state index contributed by atoms with van der Waals surface area (Å²) in [4.78, 5) is 1.14. The monoisotopic (exact) mass is 367 g/mol. The first-order valence-electron chi connectivity index (χ1n) is 6.84. The first kappa shape index (κ1) is 16.3. The van der Waals surface area contributed by atoms with Gasteiger partial charge in [0.25, 0.3) is 0 Å². The number of hydrogen-bond acceptors (Lipinski definition) is 4. The van der Waals surface area contributed by atoms with Gasteiger partial charge in [-0.2, -0.15) is 0 Å². The predicted molar refractivity (Wildman–Crippen MR) is 92.2 cm³/mol. The van der Waals surface area contributed by atoms with Crippen molar-refractivity contribution in [2.75, 3.05) is 0 Å². The van der Waals surface area contributed by atoms with Crippen LogP contribution < -0.4 is 4.72 Å². The Bertz CT molecular complexity index is 915. The molecule has 1 aromatic carbocycles. The second-order valence-electron chi connectivity index (χ2n) is 4.98. The Labute approximate surface area is 143 Å². The van der Waals surface area contributed by atoms with Gasteiger partial charge in [-0.1, -0.05) is 23.7 Å². The number of thiophene rings is 1. The highest BCUT2D eigenvalue weighted by Gasteiger charge is 2.16. The van der Waals surface area contributed by atoms with E-state index in [0.717, 1.165) is 16.2 Å². The summed E-state index contributed by atoms with van der Waals surface area (Å²) < 4.78 is 32.8. The van der Waals surface area contributed by atoms with Gasteiger partial charge in [0.05, 0.1) is 16.3 Å². The molecule has 0 fully saturated rings. The van der Waals surface area contributed by atoms with Gasteiger partial charge in [-0.15, -0.1) is 11.3 Å². The van der Waals surface area contributed by atoms with Crippen LogP contribution in [0, 0.1) is 6.92 Å². The molecule has 3 aromatic rings. The molecule has 2 aromatic heterocycles. The van der Waals surface area contributed by atoms with Gasteiger partial charge in [-0.25, -0.2) is 13.1 Å². The molecule has 7 heteroatoms. The van der Waals surface area contributed by atoms with E-state index in [2.05, 4.69) is 4.72 Å². The number of hydrogen-bond donors (Lipinski definition) is 1. The third-order valence-corrected chi connectivity index (χ3v) is 6.01. The maximum Gasteiger partial charge on any atom is 0.241 e. The van der Waals surface area contributed by atoms with Gasteiger partial charge in [0.2, 0.25) is 10.0 Å². The van der Waals surface area contributed by atoms with Crippen molar-refractivity contribution < 1.29 is 12.8 Å². The molecule has 3 rings (SSSR count). The van der Waals surface area contributed by atoms with Crippen LogP contribution in [0.15, 0.2) is 57.2 Å². The van der Waals surface area contributed by atoms with Crippen LogP contribution in [-0.2, 0) is 16.6 Å². The molecule has 4 nitrogen and oxygen atoms in total. The highest BCUT2D eigenvalue weighted by Crippen LogP contribution is 2.26. The van der Waals surface area contributed by atoms with E-state index in [1.54, 1.807) is 23.5 Å². The summed E-state index contributed by atoms with van der Waals surface area (Å²) in [7, 11) is -3.63. The molecule has 0 aliphatic carbocycles. The summed E-state index contributed by atoms with van der Waals surface area (Å²) in [6, 6.07) is 12.1. The van der Waals surface area contributed by atoms with E-state index >= 15 is 0 Å². The molecule has 0 saturated carbocycles. The standard InChI is InChI=1S/C16H14ClNO3S2/c1-11-4-6-13(9-14(11)17)23(19,20)18-10-12-5-7-15(21-12)16-3-2-8-22-16/h2-9,18H,10H2,1H3. The average Bonchev–Trinajstić information content (AvgIpc) is 3.18. The molecule has 0 radical (unpaired) electrons. The van der Waals surface area contributed by atoms with E-state index in [1.807, 2.05) is 30.5 Å². The van der Waals surface area contributed by atoms with E-state index in [1.165, 1.54) is 12.1 Å². The Balaban J connectivity index is 1.73. The number of furan rings is 1. The highest BCUT2D eigenvalue weighted by atomic mass is 35.5. The van der Waals surface area contributed by atoms with Crippen molar-refractivity contribution >= 4 is 33.0 Å². The molecule has 0 aliphatic heterocycles. The Hall–Kier alpha value is -1.60. The molecule has 1 N–H and O–H groups in total. The smallest absolute Gasteiger partial charge is 0.241 e. The van der Waals surface area contributed by atoms with Crippen molar-refractivity contribution in [2.45, 2.75) is 18.4 Å². The molecule has 2 heterocycles.